The zero-order valence-corrected chi connectivity index (χ0v) is 14.8. The van der Waals surface area contributed by atoms with E-state index >= 15 is 0 Å². The molecule has 4 nitrogen and oxygen atoms in total. The van der Waals surface area contributed by atoms with Crippen molar-refractivity contribution in [3.05, 3.63) is 29.8 Å². The molecule has 0 radical (unpaired) electrons. The Bertz CT molecular complexity index is 596. The van der Waals surface area contributed by atoms with E-state index in [-0.39, 0.29) is 23.8 Å². The Hall–Kier alpha value is -1.84. The molecule has 1 aliphatic carbocycles. The van der Waals surface area contributed by atoms with E-state index in [2.05, 4.69) is 31.3 Å². The Morgan fingerprint density at radius 3 is 2.58 bits per heavy atom. The van der Waals surface area contributed by atoms with Gasteiger partial charge in [-0.2, -0.15) is 0 Å². The Balaban J connectivity index is 1.62. The lowest BCUT2D eigenvalue weighted by molar-refractivity contribution is -0.127. The minimum Gasteiger partial charge on any atom is -0.353 e. The molecule has 3 atom stereocenters. The van der Waals surface area contributed by atoms with Crippen LogP contribution < -0.4 is 10.2 Å². The van der Waals surface area contributed by atoms with Gasteiger partial charge in [0.25, 0.3) is 0 Å². The largest absolute Gasteiger partial charge is 0.353 e. The number of anilines is 1. The molecule has 1 aromatic carbocycles. The molecule has 2 aliphatic rings. The second-order valence-corrected chi connectivity index (χ2v) is 7.30. The third-order valence-corrected chi connectivity index (χ3v) is 5.59. The van der Waals surface area contributed by atoms with Crippen molar-refractivity contribution < 1.29 is 9.59 Å². The molecule has 1 saturated carbocycles. The lowest BCUT2D eigenvalue weighted by Crippen LogP contribution is -2.44. The van der Waals surface area contributed by atoms with Crippen molar-refractivity contribution in [2.24, 2.45) is 11.8 Å². The molecule has 24 heavy (non-hydrogen) atoms. The van der Waals surface area contributed by atoms with Crippen LogP contribution >= 0.6 is 0 Å². The highest BCUT2D eigenvalue weighted by Crippen LogP contribution is 2.28. The van der Waals surface area contributed by atoms with E-state index in [1.54, 1.807) is 4.90 Å². The summed E-state index contributed by atoms with van der Waals surface area (Å²) in [7, 11) is 0. The van der Waals surface area contributed by atoms with Crippen LogP contribution in [-0.2, 0) is 16.0 Å². The molecule has 1 heterocycles. The third-order valence-electron chi connectivity index (χ3n) is 5.59. The fraction of sp³-hybridized carbons (Fsp3) is 0.600. The summed E-state index contributed by atoms with van der Waals surface area (Å²) in [5.41, 5.74) is 2.16. The molecular weight excluding hydrogens is 300 g/mol. The number of hydrogen-bond acceptors (Lipinski definition) is 2. The lowest BCUT2D eigenvalue weighted by atomic mass is 9.85. The maximum absolute atomic E-state index is 12.6. The van der Waals surface area contributed by atoms with Crippen LogP contribution in [0, 0.1) is 11.8 Å². The summed E-state index contributed by atoms with van der Waals surface area (Å²) >= 11 is 0. The number of nitrogens with one attached hydrogen (secondary N) is 1. The van der Waals surface area contributed by atoms with Crippen molar-refractivity contribution in [1.82, 2.24) is 5.32 Å². The molecule has 2 fully saturated rings. The summed E-state index contributed by atoms with van der Waals surface area (Å²) in [5.74, 6) is 0.417. The summed E-state index contributed by atoms with van der Waals surface area (Å²) in [6.07, 6.45) is 6.01. The summed E-state index contributed by atoms with van der Waals surface area (Å²) in [6, 6.07) is 8.36. The van der Waals surface area contributed by atoms with Crippen LogP contribution in [0.2, 0.25) is 0 Å². The standard InChI is InChI=1S/C20H28N2O2/c1-3-15-8-10-17(11-9-15)22-13-16(12-19(22)23)20(24)21-18-7-5-4-6-14(18)2/h8-11,14,16,18H,3-7,12-13H2,1-2H3,(H,21,24)/t14-,16+,18-/m0/s1. The van der Waals surface area contributed by atoms with Gasteiger partial charge in [0, 0.05) is 24.7 Å². The fourth-order valence-corrected chi connectivity index (χ4v) is 3.88. The molecule has 3 rings (SSSR count). The highest BCUT2D eigenvalue weighted by atomic mass is 16.2. The van der Waals surface area contributed by atoms with Gasteiger partial charge in [0.1, 0.15) is 0 Å². The van der Waals surface area contributed by atoms with Crippen LogP contribution in [0.3, 0.4) is 0 Å². The van der Waals surface area contributed by atoms with Crippen LogP contribution in [0.25, 0.3) is 0 Å². The quantitative estimate of drug-likeness (QED) is 0.922. The topological polar surface area (TPSA) is 49.4 Å². The van der Waals surface area contributed by atoms with Crippen molar-refractivity contribution >= 4 is 17.5 Å². The number of nitrogens with zero attached hydrogens (tertiary/aromatic N) is 1. The molecule has 0 spiro atoms. The molecule has 0 aromatic heterocycles. The number of aryl methyl sites for hydroxylation is 1. The van der Waals surface area contributed by atoms with Crippen LogP contribution in [0.1, 0.15) is 51.5 Å². The van der Waals surface area contributed by atoms with Crippen molar-refractivity contribution in [2.45, 2.75) is 58.4 Å². The molecule has 4 heteroatoms. The van der Waals surface area contributed by atoms with E-state index in [0.29, 0.717) is 18.9 Å². The van der Waals surface area contributed by atoms with Crippen molar-refractivity contribution in [1.29, 1.82) is 0 Å². The number of carbonyl (C=O) groups is 2. The van der Waals surface area contributed by atoms with E-state index in [9.17, 15) is 9.59 Å². The Morgan fingerprint density at radius 1 is 1.21 bits per heavy atom. The minimum absolute atomic E-state index is 0.0507. The van der Waals surface area contributed by atoms with Crippen molar-refractivity contribution in [3.63, 3.8) is 0 Å². The molecule has 1 N–H and O–H groups in total. The maximum atomic E-state index is 12.6. The lowest BCUT2D eigenvalue weighted by Gasteiger charge is -2.30. The van der Waals surface area contributed by atoms with Crippen LogP contribution in [0.4, 0.5) is 5.69 Å². The fourth-order valence-electron chi connectivity index (χ4n) is 3.88. The van der Waals surface area contributed by atoms with Gasteiger partial charge in [-0.1, -0.05) is 38.8 Å². The van der Waals surface area contributed by atoms with E-state index in [4.69, 9.17) is 0 Å². The monoisotopic (exact) mass is 328 g/mol. The summed E-state index contributed by atoms with van der Waals surface area (Å²) in [5, 5.41) is 3.20. The van der Waals surface area contributed by atoms with Crippen LogP contribution in [-0.4, -0.2) is 24.4 Å². The Kier molecular flexibility index (Phi) is 5.22. The SMILES string of the molecule is CCc1ccc(N2C[C@H](C(=O)N[C@H]3CCCC[C@@H]3C)CC2=O)cc1. The zero-order chi connectivity index (χ0) is 17.1. The summed E-state index contributed by atoms with van der Waals surface area (Å²) < 4.78 is 0. The van der Waals surface area contributed by atoms with Gasteiger partial charge in [-0.25, -0.2) is 0 Å². The first kappa shape index (κ1) is 17.0. The van der Waals surface area contributed by atoms with Crippen LogP contribution in [0.5, 0.6) is 0 Å². The molecular formula is C20H28N2O2. The molecule has 1 aromatic rings. The van der Waals surface area contributed by atoms with E-state index in [1.807, 2.05) is 12.1 Å². The molecule has 2 amide bonds. The molecule has 1 saturated heterocycles. The van der Waals surface area contributed by atoms with Crippen LogP contribution in [0.15, 0.2) is 24.3 Å². The number of benzene rings is 1. The number of hydrogen-bond donors (Lipinski definition) is 1. The first-order valence-electron chi connectivity index (χ1n) is 9.28. The molecule has 130 valence electrons. The third kappa shape index (κ3) is 3.63. The Labute approximate surface area is 144 Å². The highest BCUT2D eigenvalue weighted by Gasteiger charge is 2.36. The summed E-state index contributed by atoms with van der Waals surface area (Å²) in [6.45, 7) is 4.82. The molecule has 1 aliphatic heterocycles. The maximum Gasteiger partial charge on any atom is 0.227 e. The minimum atomic E-state index is -0.225. The van der Waals surface area contributed by atoms with Gasteiger partial charge in [0.2, 0.25) is 11.8 Å². The van der Waals surface area contributed by atoms with Crippen molar-refractivity contribution in [3.8, 4) is 0 Å². The smallest absolute Gasteiger partial charge is 0.227 e. The highest BCUT2D eigenvalue weighted by molar-refractivity contribution is 6.00. The predicted octanol–water partition coefficient (Wildman–Crippen LogP) is 3.30. The first-order valence-corrected chi connectivity index (χ1v) is 9.28. The van der Waals surface area contributed by atoms with Gasteiger partial charge in [0.15, 0.2) is 0 Å². The van der Waals surface area contributed by atoms with Gasteiger partial charge in [0.05, 0.1) is 5.92 Å². The van der Waals surface area contributed by atoms with E-state index < -0.39 is 0 Å². The molecule has 0 bridgehead atoms. The van der Waals surface area contributed by atoms with Gasteiger partial charge < -0.3 is 10.2 Å². The summed E-state index contributed by atoms with van der Waals surface area (Å²) in [4.78, 5) is 26.7. The average Bonchev–Trinajstić information content (AvgIpc) is 2.99. The number of amides is 2. The molecule has 0 unspecified atom stereocenters. The zero-order valence-electron chi connectivity index (χ0n) is 14.8. The number of rotatable bonds is 4. The van der Waals surface area contributed by atoms with Gasteiger partial charge in [-0.05, 0) is 42.9 Å². The predicted molar refractivity (Wildman–Crippen MR) is 95.8 cm³/mol. The number of carbonyl (C=O) groups excluding carboxylic acids is 2. The van der Waals surface area contributed by atoms with E-state index in [1.165, 1.54) is 24.8 Å². The van der Waals surface area contributed by atoms with Crippen molar-refractivity contribution in [2.75, 3.05) is 11.4 Å². The Morgan fingerprint density at radius 2 is 1.92 bits per heavy atom. The second-order valence-electron chi connectivity index (χ2n) is 7.30. The first-order chi connectivity index (χ1) is 11.6. The second kappa shape index (κ2) is 7.37. The van der Waals surface area contributed by atoms with Gasteiger partial charge in [-0.15, -0.1) is 0 Å². The average molecular weight is 328 g/mol. The normalized spacial score (nSPS) is 27.3. The van der Waals surface area contributed by atoms with Gasteiger partial charge in [-0.3, -0.25) is 9.59 Å². The van der Waals surface area contributed by atoms with E-state index in [0.717, 1.165) is 18.5 Å². The van der Waals surface area contributed by atoms with Gasteiger partial charge >= 0.3 is 0 Å².